The van der Waals surface area contributed by atoms with E-state index >= 15 is 0 Å². The molecule has 0 saturated heterocycles. The highest BCUT2D eigenvalue weighted by Crippen LogP contribution is 2.58. The number of fused-ring (bicyclic) bond motifs is 15. The molecule has 12 aromatic rings. The van der Waals surface area contributed by atoms with Crippen molar-refractivity contribution in [2.24, 2.45) is 0 Å². The van der Waals surface area contributed by atoms with Crippen LogP contribution < -0.4 is 0 Å². The molecule has 0 spiro atoms. The van der Waals surface area contributed by atoms with Gasteiger partial charge < -0.3 is 0 Å². The van der Waals surface area contributed by atoms with Crippen LogP contribution in [-0.4, -0.2) is 0 Å². The van der Waals surface area contributed by atoms with Gasteiger partial charge in [-0.3, -0.25) is 0 Å². The second kappa shape index (κ2) is 19.1. The maximum Gasteiger partial charge on any atom is 0.0713 e. The lowest BCUT2D eigenvalue weighted by atomic mass is 9.67. The molecular weight excluding hydrogens is 1070 g/mol. The minimum atomic E-state index is -0.578. The largest absolute Gasteiger partial charge is 0.0713 e. The minimum absolute atomic E-state index is 0.129. The van der Waals surface area contributed by atoms with Crippen LogP contribution in [0.3, 0.4) is 0 Å². The standard InChI is InChI=1S/C89H70/c1-85(2)75-27-15-9-21-63(75)69-45-37-57(51-81(69)85)73(58-38-46-70-64-22-10-16-28-76(64)86(3,4)82(70)52-58)49-55-33-41-61(42-34-55)89(79-31-19-13-25-67(79)68-26-14-20-32-80(68)89)62-43-35-56(36-44-62)50-74(59-39-47-71-65-23-11-17-29-77(65)87(5,6)83(71)53-59)60-40-48-72-66-24-12-18-30-78(66)88(7,8)84(72)54-60/h9-54H,1-8H3. The SMILES string of the molecule is CC1(C)c2ccccc2-c2ccc(C(=Cc3ccc(C4(c5ccc(C=C(c6ccc7c(c6)C(C)(C)c6ccccc6-7)c6ccc7c(c6)C(C)(C)c6ccccc6-7)cc5)c5ccccc5-c5ccccc54)cc3)c3ccc4c(c3)C(C)(C)c3ccccc3-4)cc21. The minimum Gasteiger partial charge on any atom is -0.0619 e. The maximum absolute atomic E-state index is 2.49. The van der Waals surface area contributed by atoms with Crippen LogP contribution in [0.25, 0.3) is 78.9 Å². The summed E-state index contributed by atoms with van der Waals surface area (Å²) in [5.74, 6) is 0. The van der Waals surface area contributed by atoms with Crippen molar-refractivity contribution in [2.45, 2.75) is 82.5 Å². The molecule has 0 radical (unpaired) electrons. The summed E-state index contributed by atoms with van der Waals surface area (Å²) >= 11 is 0. The number of rotatable bonds is 8. The summed E-state index contributed by atoms with van der Waals surface area (Å²) in [4.78, 5) is 0. The molecule has 0 aliphatic heterocycles. The lowest BCUT2D eigenvalue weighted by Gasteiger charge is -2.34. The van der Waals surface area contributed by atoms with E-state index in [4.69, 9.17) is 0 Å². The van der Waals surface area contributed by atoms with Gasteiger partial charge >= 0.3 is 0 Å². The van der Waals surface area contributed by atoms with Crippen molar-refractivity contribution < 1.29 is 0 Å². The summed E-state index contributed by atoms with van der Waals surface area (Å²) in [5.41, 5.74) is 38.0. The Balaban J connectivity index is 0.806. The van der Waals surface area contributed by atoms with Crippen molar-refractivity contribution in [1.82, 2.24) is 0 Å². The fourth-order valence-corrected chi connectivity index (χ4v) is 17.2. The Morgan fingerprint density at radius 3 is 0.685 bits per heavy atom. The average Bonchev–Trinajstić information content (AvgIpc) is 1.60. The van der Waals surface area contributed by atoms with Gasteiger partial charge in [-0.1, -0.05) is 298 Å². The quantitative estimate of drug-likeness (QED) is 0.133. The van der Waals surface area contributed by atoms with Gasteiger partial charge in [0.1, 0.15) is 0 Å². The van der Waals surface area contributed by atoms with E-state index in [-0.39, 0.29) is 21.7 Å². The van der Waals surface area contributed by atoms with Crippen molar-refractivity contribution in [3.8, 4) is 55.6 Å². The third-order valence-electron chi connectivity index (χ3n) is 21.8. The first kappa shape index (κ1) is 53.4. The third kappa shape index (κ3) is 7.60. The first-order valence-electron chi connectivity index (χ1n) is 32.0. The van der Waals surface area contributed by atoms with E-state index in [2.05, 4.69) is 334 Å². The molecule has 0 aromatic heterocycles. The van der Waals surface area contributed by atoms with Gasteiger partial charge in [0.2, 0.25) is 0 Å². The fraction of sp³-hybridized carbons (Fsp3) is 0.146. The van der Waals surface area contributed by atoms with Crippen LogP contribution in [0.4, 0.5) is 0 Å². The fourth-order valence-electron chi connectivity index (χ4n) is 17.2. The van der Waals surface area contributed by atoms with E-state index in [1.807, 2.05) is 0 Å². The zero-order valence-corrected chi connectivity index (χ0v) is 52.1. The molecule has 0 atom stereocenters. The Morgan fingerprint density at radius 1 is 0.213 bits per heavy atom. The molecule has 0 saturated carbocycles. The van der Waals surface area contributed by atoms with Gasteiger partial charge in [0.15, 0.2) is 0 Å². The van der Waals surface area contributed by atoms with Gasteiger partial charge in [-0.2, -0.15) is 0 Å². The van der Waals surface area contributed by atoms with Crippen LogP contribution in [0.1, 0.15) is 156 Å². The Labute approximate surface area is 525 Å². The van der Waals surface area contributed by atoms with Gasteiger partial charge in [-0.25, -0.2) is 0 Å². The zero-order chi connectivity index (χ0) is 60.3. The smallest absolute Gasteiger partial charge is 0.0619 e. The van der Waals surface area contributed by atoms with Crippen LogP contribution in [0.5, 0.6) is 0 Å². The highest BCUT2D eigenvalue weighted by Gasteiger charge is 2.46. The van der Waals surface area contributed by atoms with Crippen LogP contribution in [0, 0.1) is 0 Å². The molecule has 0 amide bonds. The summed E-state index contributed by atoms with van der Waals surface area (Å²) in [6.07, 6.45) is 4.89. The Bertz CT molecular complexity index is 4500. The first-order valence-corrected chi connectivity index (χ1v) is 32.0. The Kier molecular flexibility index (Phi) is 11.4. The van der Waals surface area contributed by atoms with Crippen LogP contribution in [0.15, 0.2) is 267 Å². The van der Waals surface area contributed by atoms with E-state index in [1.54, 1.807) is 0 Å². The number of hydrogen-bond donors (Lipinski definition) is 0. The second-order valence-corrected chi connectivity index (χ2v) is 27.9. The van der Waals surface area contributed by atoms with Gasteiger partial charge in [0.25, 0.3) is 0 Å². The molecule has 0 N–H and O–H groups in total. The molecule has 12 aromatic carbocycles. The molecule has 0 heteroatoms. The highest BCUT2D eigenvalue weighted by molar-refractivity contribution is 5.98. The molecule has 0 heterocycles. The van der Waals surface area contributed by atoms with E-state index in [0.29, 0.717) is 0 Å². The monoisotopic (exact) mass is 1140 g/mol. The number of hydrogen-bond acceptors (Lipinski definition) is 0. The van der Waals surface area contributed by atoms with Crippen LogP contribution in [-0.2, 0) is 27.1 Å². The molecule has 0 fully saturated rings. The summed E-state index contributed by atoms with van der Waals surface area (Å²) in [5, 5.41) is 0. The van der Waals surface area contributed by atoms with Crippen molar-refractivity contribution in [2.75, 3.05) is 0 Å². The molecule has 5 aliphatic carbocycles. The maximum atomic E-state index is 2.49. The van der Waals surface area contributed by atoms with Gasteiger partial charge in [0.05, 0.1) is 5.41 Å². The summed E-state index contributed by atoms with van der Waals surface area (Å²) in [6.45, 7) is 19.1. The molecule has 0 unspecified atom stereocenters. The normalized spacial score (nSPS) is 15.9. The predicted molar refractivity (Wildman–Crippen MR) is 374 cm³/mol. The summed E-state index contributed by atoms with van der Waals surface area (Å²) in [7, 11) is 0. The van der Waals surface area contributed by atoms with Crippen molar-refractivity contribution >= 4 is 23.3 Å². The Morgan fingerprint density at radius 2 is 0.427 bits per heavy atom. The van der Waals surface area contributed by atoms with Crippen LogP contribution >= 0.6 is 0 Å². The first-order chi connectivity index (χ1) is 43.1. The van der Waals surface area contributed by atoms with E-state index in [9.17, 15) is 0 Å². The second-order valence-electron chi connectivity index (χ2n) is 27.9. The average molecular weight is 1140 g/mol. The van der Waals surface area contributed by atoms with Gasteiger partial charge in [0, 0.05) is 21.7 Å². The van der Waals surface area contributed by atoms with Crippen molar-refractivity contribution in [1.29, 1.82) is 0 Å². The molecule has 0 nitrogen and oxygen atoms in total. The highest BCUT2D eigenvalue weighted by atomic mass is 14.5. The lowest BCUT2D eigenvalue weighted by molar-refractivity contribution is 0.659. The van der Waals surface area contributed by atoms with Crippen LogP contribution in [0.2, 0.25) is 0 Å². The molecule has 426 valence electrons. The number of benzene rings is 12. The molecule has 89 heavy (non-hydrogen) atoms. The lowest BCUT2D eigenvalue weighted by Crippen LogP contribution is -2.28. The third-order valence-corrected chi connectivity index (χ3v) is 21.8. The van der Waals surface area contributed by atoms with Gasteiger partial charge in [-0.15, -0.1) is 0 Å². The zero-order valence-electron chi connectivity index (χ0n) is 52.1. The predicted octanol–water partition coefficient (Wildman–Crippen LogP) is 22.5. The van der Waals surface area contributed by atoms with Gasteiger partial charge in [-0.05, 0) is 203 Å². The molecular formula is C89H70. The molecule has 17 rings (SSSR count). The summed E-state index contributed by atoms with van der Waals surface area (Å²) in [6, 6.07) is 102. The topological polar surface area (TPSA) is 0 Å². The summed E-state index contributed by atoms with van der Waals surface area (Å²) < 4.78 is 0. The van der Waals surface area contributed by atoms with E-state index in [0.717, 1.165) is 11.1 Å². The van der Waals surface area contributed by atoms with Crippen molar-refractivity contribution in [3.05, 3.63) is 367 Å². The van der Waals surface area contributed by atoms with E-state index < -0.39 is 5.41 Å². The van der Waals surface area contributed by atoms with E-state index in [1.165, 1.54) is 156 Å². The molecule has 5 aliphatic rings. The van der Waals surface area contributed by atoms with Crippen molar-refractivity contribution in [3.63, 3.8) is 0 Å². The molecule has 0 bridgehead atoms. The Hall–Kier alpha value is -9.88.